The molecule has 0 aromatic carbocycles. The molecule has 1 unspecified atom stereocenters. The van der Waals surface area contributed by atoms with Crippen LogP contribution in [0.2, 0.25) is 0 Å². The minimum atomic E-state index is 0.00394. The number of likely N-dealkylation sites (N-methyl/N-ethyl adjacent to an activating group) is 1. The molecule has 0 radical (unpaired) electrons. The zero-order valence-electron chi connectivity index (χ0n) is 10.7. The summed E-state index contributed by atoms with van der Waals surface area (Å²) >= 11 is 0. The highest BCUT2D eigenvalue weighted by Gasteiger charge is 2.22. The SMILES string of the molecule is CNCc1cc(C)nc(C2CN(C)CCO2)n1. The lowest BCUT2D eigenvalue weighted by Gasteiger charge is -2.29. The molecular formula is C12H20N4O. The summed E-state index contributed by atoms with van der Waals surface area (Å²) in [4.78, 5) is 11.3. The average Bonchev–Trinajstić information content (AvgIpc) is 2.28. The van der Waals surface area contributed by atoms with Gasteiger partial charge in [0, 0.05) is 25.3 Å². The van der Waals surface area contributed by atoms with Gasteiger partial charge in [-0.25, -0.2) is 9.97 Å². The molecule has 0 bridgehead atoms. The first-order valence-electron chi connectivity index (χ1n) is 5.98. The third-order valence-electron chi connectivity index (χ3n) is 2.84. The van der Waals surface area contributed by atoms with Crippen LogP contribution in [-0.4, -0.2) is 48.7 Å². The first-order chi connectivity index (χ1) is 8.19. The van der Waals surface area contributed by atoms with Gasteiger partial charge in [-0.3, -0.25) is 0 Å². The number of nitrogens with zero attached hydrogens (tertiary/aromatic N) is 3. The van der Waals surface area contributed by atoms with Gasteiger partial charge in [-0.15, -0.1) is 0 Å². The molecule has 1 aromatic heterocycles. The molecule has 1 fully saturated rings. The van der Waals surface area contributed by atoms with Crippen molar-refractivity contribution in [3.63, 3.8) is 0 Å². The van der Waals surface area contributed by atoms with E-state index >= 15 is 0 Å². The molecule has 0 amide bonds. The summed E-state index contributed by atoms with van der Waals surface area (Å²) in [6, 6.07) is 2.01. The molecule has 1 saturated heterocycles. The predicted molar refractivity (Wildman–Crippen MR) is 65.7 cm³/mol. The maximum atomic E-state index is 5.74. The fourth-order valence-corrected chi connectivity index (χ4v) is 2.01. The van der Waals surface area contributed by atoms with Crippen molar-refractivity contribution in [2.45, 2.75) is 19.6 Å². The van der Waals surface area contributed by atoms with Gasteiger partial charge in [0.15, 0.2) is 5.82 Å². The maximum Gasteiger partial charge on any atom is 0.158 e. The minimum absolute atomic E-state index is 0.00394. The Hall–Kier alpha value is -1.04. The number of hydrogen-bond acceptors (Lipinski definition) is 5. The van der Waals surface area contributed by atoms with E-state index in [0.29, 0.717) is 0 Å². The van der Waals surface area contributed by atoms with E-state index in [2.05, 4.69) is 27.2 Å². The zero-order chi connectivity index (χ0) is 12.3. The quantitative estimate of drug-likeness (QED) is 0.828. The standard InChI is InChI=1S/C12H20N4O/c1-9-6-10(7-13-2)15-12(14-9)11-8-16(3)4-5-17-11/h6,11,13H,4-5,7-8H2,1-3H3. The molecule has 5 nitrogen and oxygen atoms in total. The summed E-state index contributed by atoms with van der Waals surface area (Å²) in [6.45, 7) is 5.35. The Kier molecular flexibility index (Phi) is 4.04. The Morgan fingerprint density at radius 2 is 2.35 bits per heavy atom. The summed E-state index contributed by atoms with van der Waals surface area (Å²) < 4.78 is 5.74. The number of aromatic nitrogens is 2. The third kappa shape index (κ3) is 3.21. The molecule has 2 rings (SSSR count). The number of hydrogen-bond donors (Lipinski definition) is 1. The second-order valence-corrected chi connectivity index (χ2v) is 4.51. The number of aryl methyl sites for hydroxylation is 1. The van der Waals surface area contributed by atoms with Gasteiger partial charge in [0.25, 0.3) is 0 Å². The van der Waals surface area contributed by atoms with E-state index < -0.39 is 0 Å². The Bertz CT molecular complexity index is 383. The van der Waals surface area contributed by atoms with E-state index in [4.69, 9.17) is 4.74 Å². The average molecular weight is 236 g/mol. The van der Waals surface area contributed by atoms with Crippen LogP contribution in [0, 0.1) is 6.92 Å². The van der Waals surface area contributed by atoms with Crippen LogP contribution < -0.4 is 5.32 Å². The van der Waals surface area contributed by atoms with Crippen LogP contribution in [0.1, 0.15) is 23.3 Å². The van der Waals surface area contributed by atoms with E-state index in [1.54, 1.807) is 0 Å². The normalized spacial score (nSPS) is 21.7. The summed E-state index contributed by atoms with van der Waals surface area (Å²) in [5, 5.41) is 3.11. The van der Waals surface area contributed by atoms with Crippen LogP contribution in [0.15, 0.2) is 6.07 Å². The van der Waals surface area contributed by atoms with Crippen molar-refractivity contribution < 1.29 is 4.74 Å². The molecular weight excluding hydrogens is 216 g/mol. The topological polar surface area (TPSA) is 50.3 Å². The third-order valence-corrected chi connectivity index (χ3v) is 2.84. The maximum absolute atomic E-state index is 5.74. The Morgan fingerprint density at radius 1 is 1.53 bits per heavy atom. The monoisotopic (exact) mass is 236 g/mol. The number of nitrogens with one attached hydrogen (secondary N) is 1. The number of rotatable bonds is 3. The molecule has 2 heterocycles. The Labute approximate surface area is 102 Å². The Morgan fingerprint density at radius 3 is 3.06 bits per heavy atom. The number of morpholine rings is 1. The molecule has 17 heavy (non-hydrogen) atoms. The fraction of sp³-hybridized carbons (Fsp3) is 0.667. The van der Waals surface area contributed by atoms with Crippen LogP contribution in [0.25, 0.3) is 0 Å². The fourth-order valence-electron chi connectivity index (χ4n) is 2.01. The van der Waals surface area contributed by atoms with Gasteiger partial charge in [0.05, 0.1) is 12.3 Å². The van der Waals surface area contributed by atoms with E-state index in [0.717, 1.165) is 43.5 Å². The van der Waals surface area contributed by atoms with Crippen molar-refractivity contribution in [1.29, 1.82) is 0 Å². The molecule has 5 heteroatoms. The summed E-state index contributed by atoms with van der Waals surface area (Å²) in [5.74, 6) is 0.807. The van der Waals surface area contributed by atoms with E-state index in [-0.39, 0.29) is 6.10 Å². The van der Waals surface area contributed by atoms with Crippen molar-refractivity contribution >= 4 is 0 Å². The van der Waals surface area contributed by atoms with Crippen molar-refractivity contribution in [2.75, 3.05) is 33.8 Å². The van der Waals surface area contributed by atoms with Crippen LogP contribution in [0.3, 0.4) is 0 Å². The first-order valence-corrected chi connectivity index (χ1v) is 5.98. The van der Waals surface area contributed by atoms with E-state index in [1.165, 1.54) is 0 Å². The van der Waals surface area contributed by atoms with Gasteiger partial charge < -0.3 is 15.0 Å². The smallest absolute Gasteiger partial charge is 0.158 e. The van der Waals surface area contributed by atoms with Crippen LogP contribution in [0.5, 0.6) is 0 Å². The molecule has 1 atom stereocenters. The molecule has 0 saturated carbocycles. The lowest BCUT2D eigenvalue weighted by molar-refractivity contribution is -0.0256. The van der Waals surface area contributed by atoms with Crippen LogP contribution in [0.4, 0.5) is 0 Å². The van der Waals surface area contributed by atoms with Gasteiger partial charge in [-0.05, 0) is 27.1 Å². The van der Waals surface area contributed by atoms with Crippen LogP contribution in [-0.2, 0) is 11.3 Å². The summed E-state index contributed by atoms with van der Waals surface area (Å²) in [5.41, 5.74) is 2.02. The van der Waals surface area contributed by atoms with E-state index in [9.17, 15) is 0 Å². The lowest BCUT2D eigenvalue weighted by atomic mass is 10.2. The van der Waals surface area contributed by atoms with E-state index in [1.807, 2.05) is 20.0 Å². The molecule has 1 aliphatic rings. The second kappa shape index (κ2) is 5.53. The zero-order valence-corrected chi connectivity index (χ0v) is 10.7. The molecule has 1 aliphatic heterocycles. The van der Waals surface area contributed by atoms with Crippen molar-refractivity contribution in [3.05, 3.63) is 23.3 Å². The van der Waals surface area contributed by atoms with Gasteiger partial charge in [0.2, 0.25) is 0 Å². The van der Waals surface area contributed by atoms with Gasteiger partial charge in [-0.2, -0.15) is 0 Å². The second-order valence-electron chi connectivity index (χ2n) is 4.51. The molecule has 1 N–H and O–H groups in total. The molecule has 0 aliphatic carbocycles. The highest BCUT2D eigenvalue weighted by Crippen LogP contribution is 2.18. The van der Waals surface area contributed by atoms with Crippen molar-refractivity contribution in [2.24, 2.45) is 0 Å². The highest BCUT2D eigenvalue weighted by atomic mass is 16.5. The first kappa shape index (κ1) is 12.4. The van der Waals surface area contributed by atoms with Crippen molar-refractivity contribution in [3.8, 4) is 0 Å². The largest absolute Gasteiger partial charge is 0.368 e. The molecule has 94 valence electrons. The lowest BCUT2D eigenvalue weighted by Crippen LogP contribution is -2.36. The van der Waals surface area contributed by atoms with Crippen LogP contribution >= 0.6 is 0 Å². The predicted octanol–water partition coefficient (Wildman–Crippen LogP) is 0.508. The molecule has 0 spiro atoms. The minimum Gasteiger partial charge on any atom is -0.368 e. The van der Waals surface area contributed by atoms with Gasteiger partial charge in [-0.1, -0.05) is 0 Å². The van der Waals surface area contributed by atoms with Gasteiger partial charge >= 0.3 is 0 Å². The van der Waals surface area contributed by atoms with Gasteiger partial charge in [0.1, 0.15) is 6.10 Å². The highest BCUT2D eigenvalue weighted by molar-refractivity contribution is 5.11. The molecule has 1 aromatic rings. The summed E-state index contributed by atoms with van der Waals surface area (Å²) in [6.07, 6.45) is 0.00394. The Balaban J connectivity index is 2.18. The summed E-state index contributed by atoms with van der Waals surface area (Å²) in [7, 11) is 4.02. The number of ether oxygens (including phenoxy) is 1. The van der Waals surface area contributed by atoms with Crippen molar-refractivity contribution in [1.82, 2.24) is 20.2 Å².